The minimum absolute atomic E-state index is 0.630. The number of hydrogen-bond donors (Lipinski definition) is 1. The zero-order valence-electron chi connectivity index (χ0n) is 12.4. The molecule has 2 fully saturated rings. The second kappa shape index (κ2) is 6.72. The molecule has 0 aromatic heterocycles. The Morgan fingerprint density at radius 3 is 2.74 bits per heavy atom. The van der Waals surface area contributed by atoms with Crippen LogP contribution in [0.2, 0.25) is 0 Å². The molecule has 2 aliphatic rings. The summed E-state index contributed by atoms with van der Waals surface area (Å²) in [5.41, 5.74) is 5.24. The lowest BCUT2D eigenvalue weighted by atomic mass is 9.78. The van der Waals surface area contributed by atoms with Crippen LogP contribution in [0.3, 0.4) is 0 Å². The van der Waals surface area contributed by atoms with Crippen LogP contribution in [-0.4, -0.2) is 29.6 Å². The fourth-order valence-electron chi connectivity index (χ4n) is 3.87. The Balaban J connectivity index is 1.71. The first-order chi connectivity index (χ1) is 9.12. The number of rotatable bonds is 5. The van der Waals surface area contributed by atoms with Crippen molar-refractivity contribution in [3.63, 3.8) is 0 Å². The van der Waals surface area contributed by atoms with Gasteiger partial charge in [0, 0.05) is 6.04 Å². The molecule has 19 heavy (non-hydrogen) atoms. The van der Waals surface area contributed by atoms with E-state index < -0.39 is 5.54 Å². The number of nitrogens with zero attached hydrogens (tertiary/aromatic N) is 2. The van der Waals surface area contributed by atoms with Crippen LogP contribution in [0, 0.1) is 17.2 Å². The number of fused-ring (bicyclic) bond motifs is 1. The van der Waals surface area contributed by atoms with Gasteiger partial charge in [0.1, 0.15) is 5.54 Å². The molecule has 0 aromatic carbocycles. The molecule has 1 heterocycles. The van der Waals surface area contributed by atoms with E-state index in [1.807, 2.05) is 6.92 Å². The van der Waals surface area contributed by atoms with Gasteiger partial charge in [-0.25, -0.2) is 0 Å². The molecule has 1 saturated carbocycles. The highest BCUT2D eigenvalue weighted by Gasteiger charge is 2.32. The van der Waals surface area contributed by atoms with E-state index in [0.29, 0.717) is 0 Å². The predicted molar refractivity (Wildman–Crippen MR) is 78.6 cm³/mol. The second-order valence-electron chi connectivity index (χ2n) is 6.78. The summed E-state index contributed by atoms with van der Waals surface area (Å²) in [5.74, 6) is 0.974. The lowest BCUT2D eigenvalue weighted by Crippen LogP contribution is -2.47. The van der Waals surface area contributed by atoms with Gasteiger partial charge in [0.25, 0.3) is 0 Å². The van der Waals surface area contributed by atoms with Crippen LogP contribution in [-0.2, 0) is 0 Å². The topological polar surface area (TPSA) is 53.1 Å². The number of unbranched alkanes of at least 4 members (excludes halogenated alkanes) is 1. The monoisotopic (exact) mass is 263 g/mol. The fraction of sp³-hybridized carbons (Fsp3) is 0.938. The largest absolute Gasteiger partial charge is 0.314 e. The molecule has 1 saturated heterocycles. The van der Waals surface area contributed by atoms with Crippen LogP contribution in [0.5, 0.6) is 0 Å². The standard InChI is InChI=1S/C16H29N3/c1-16(18,13-17)10-4-5-11-19-12-6-8-14-7-2-3-9-15(14)19/h14-15H,2-12,18H2,1H3. The average molecular weight is 263 g/mol. The molecule has 2 rings (SSSR count). The summed E-state index contributed by atoms with van der Waals surface area (Å²) in [5, 5.41) is 8.91. The van der Waals surface area contributed by atoms with Crippen LogP contribution in [0.15, 0.2) is 0 Å². The van der Waals surface area contributed by atoms with Gasteiger partial charge in [-0.15, -0.1) is 0 Å². The maximum atomic E-state index is 8.91. The quantitative estimate of drug-likeness (QED) is 0.776. The number of piperidine rings is 1. The van der Waals surface area contributed by atoms with E-state index in [1.54, 1.807) is 0 Å². The summed E-state index contributed by atoms with van der Waals surface area (Å²) in [7, 11) is 0. The highest BCUT2D eigenvalue weighted by Crippen LogP contribution is 2.35. The summed E-state index contributed by atoms with van der Waals surface area (Å²) >= 11 is 0. The van der Waals surface area contributed by atoms with E-state index in [0.717, 1.165) is 24.8 Å². The summed E-state index contributed by atoms with van der Waals surface area (Å²) in [6, 6.07) is 3.05. The molecular formula is C16H29N3. The lowest BCUT2D eigenvalue weighted by Gasteiger charge is -2.44. The number of hydrogen-bond acceptors (Lipinski definition) is 3. The number of likely N-dealkylation sites (tertiary alicyclic amines) is 1. The van der Waals surface area contributed by atoms with Crippen molar-refractivity contribution in [2.24, 2.45) is 11.7 Å². The van der Waals surface area contributed by atoms with Crippen molar-refractivity contribution >= 4 is 0 Å². The molecule has 3 atom stereocenters. The van der Waals surface area contributed by atoms with Gasteiger partial charge in [-0.1, -0.05) is 12.8 Å². The minimum Gasteiger partial charge on any atom is -0.314 e. The maximum Gasteiger partial charge on any atom is 0.101 e. The van der Waals surface area contributed by atoms with E-state index in [-0.39, 0.29) is 0 Å². The van der Waals surface area contributed by atoms with Crippen LogP contribution in [0.1, 0.15) is 64.7 Å². The van der Waals surface area contributed by atoms with Crippen molar-refractivity contribution < 1.29 is 0 Å². The molecular weight excluding hydrogens is 234 g/mol. The molecule has 3 heteroatoms. The smallest absolute Gasteiger partial charge is 0.101 e. The van der Waals surface area contributed by atoms with Crippen molar-refractivity contribution in [2.45, 2.75) is 76.3 Å². The highest BCUT2D eigenvalue weighted by atomic mass is 15.2. The third-order valence-corrected chi connectivity index (χ3v) is 5.01. The Hall–Kier alpha value is -0.590. The first-order valence-electron chi connectivity index (χ1n) is 8.06. The van der Waals surface area contributed by atoms with Crippen molar-refractivity contribution in [1.82, 2.24) is 4.90 Å². The molecule has 1 aliphatic carbocycles. The third kappa shape index (κ3) is 4.19. The SMILES string of the molecule is CC(N)(C#N)CCCCN1CCCC2CCCCC21. The van der Waals surface area contributed by atoms with Gasteiger partial charge in [0.05, 0.1) is 6.07 Å². The van der Waals surface area contributed by atoms with E-state index >= 15 is 0 Å². The Morgan fingerprint density at radius 1 is 1.21 bits per heavy atom. The van der Waals surface area contributed by atoms with Crippen LogP contribution >= 0.6 is 0 Å². The second-order valence-corrected chi connectivity index (χ2v) is 6.78. The maximum absolute atomic E-state index is 8.91. The third-order valence-electron chi connectivity index (χ3n) is 5.01. The summed E-state index contributed by atoms with van der Waals surface area (Å²) in [6.07, 6.45) is 11.7. The number of nitriles is 1. The predicted octanol–water partition coefficient (Wildman–Crippen LogP) is 3.05. The van der Waals surface area contributed by atoms with Crippen molar-refractivity contribution in [2.75, 3.05) is 13.1 Å². The summed E-state index contributed by atoms with van der Waals surface area (Å²) < 4.78 is 0. The van der Waals surface area contributed by atoms with Crippen LogP contribution in [0.25, 0.3) is 0 Å². The zero-order chi connectivity index (χ0) is 13.7. The van der Waals surface area contributed by atoms with Gasteiger partial charge < -0.3 is 10.6 Å². The molecule has 0 bridgehead atoms. The molecule has 3 unspecified atom stereocenters. The van der Waals surface area contributed by atoms with Crippen LogP contribution < -0.4 is 5.73 Å². The first-order valence-corrected chi connectivity index (χ1v) is 8.06. The molecule has 0 radical (unpaired) electrons. The van der Waals surface area contributed by atoms with E-state index in [1.165, 1.54) is 58.0 Å². The van der Waals surface area contributed by atoms with Crippen molar-refractivity contribution in [3.8, 4) is 6.07 Å². The number of nitrogens with two attached hydrogens (primary N) is 1. The molecule has 3 nitrogen and oxygen atoms in total. The molecule has 0 amide bonds. The lowest BCUT2D eigenvalue weighted by molar-refractivity contribution is 0.0593. The Labute approximate surface area is 118 Å². The Kier molecular flexibility index (Phi) is 5.24. The van der Waals surface area contributed by atoms with E-state index in [2.05, 4.69) is 11.0 Å². The zero-order valence-corrected chi connectivity index (χ0v) is 12.4. The van der Waals surface area contributed by atoms with Gasteiger partial charge in [0.15, 0.2) is 0 Å². The Morgan fingerprint density at radius 2 is 1.95 bits per heavy atom. The van der Waals surface area contributed by atoms with Gasteiger partial charge in [-0.3, -0.25) is 0 Å². The van der Waals surface area contributed by atoms with Gasteiger partial charge in [-0.2, -0.15) is 5.26 Å². The molecule has 108 valence electrons. The molecule has 1 aliphatic heterocycles. The normalized spacial score (nSPS) is 31.2. The highest BCUT2D eigenvalue weighted by molar-refractivity contribution is 5.00. The fourth-order valence-corrected chi connectivity index (χ4v) is 3.87. The van der Waals surface area contributed by atoms with Gasteiger partial charge in [-0.05, 0) is 70.9 Å². The molecule has 0 spiro atoms. The van der Waals surface area contributed by atoms with Crippen molar-refractivity contribution in [1.29, 1.82) is 5.26 Å². The van der Waals surface area contributed by atoms with Crippen molar-refractivity contribution in [3.05, 3.63) is 0 Å². The van der Waals surface area contributed by atoms with Gasteiger partial charge >= 0.3 is 0 Å². The van der Waals surface area contributed by atoms with E-state index in [4.69, 9.17) is 11.0 Å². The summed E-state index contributed by atoms with van der Waals surface area (Å²) in [6.45, 7) is 4.34. The summed E-state index contributed by atoms with van der Waals surface area (Å²) in [4.78, 5) is 2.73. The molecule has 2 N–H and O–H groups in total. The average Bonchev–Trinajstić information content (AvgIpc) is 2.44. The van der Waals surface area contributed by atoms with Gasteiger partial charge in [0.2, 0.25) is 0 Å². The first kappa shape index (κ1) is 14.8. The van der Waals surface area contributed by atoms with E-state index in [9.17, 15) is 0 Å². The minimum atomic E-state index is -0.630. The van der Waals surface area contributed by atoms with Crippen LogP contribution in [0.4, 0.5) is 0 Å². The molecule has 0 aromatic rings. The Bertz CT molecular complexity index is 316.